The molecule has 0 saturated carbocycles. The van der Waals surface area contributed by atoms with Gasteiger partial charge >= 0.3 is 0 Å². The number of halogens is 1. The SMILES string of the molecule is CNC(C)CNC(=O)CCc1nc2cc(S(=O)(=O)N(C)C)ccc2n1C.Cl. The van der Waals surface area contributed by atoms with Crippen LogP contribution in [0.3, 0.4) is 0 Å². The number of aromatic nitrogens is 2. The Morgan fingerprint density at radius 1 is 1.33 bits per heavy atom. The fourth-order valence-corrected chi connectivity index (χ4v) is 3.43. The summed E-state index contributed by atoms with van der Waals surface area (Å²) in [6, 6.07) is 5.11. The van der Waals surface area contributed by atoms with Crippen molar-refractivity contribution in [2.24, 2.45) is 7.05 Å². The number of carbonyl (C=O) groups excluding carboxylic acids is 1. The second-order valence-electron chi connectivity index (χ2n) is 6.52. The molecule has 0 saturated heterocycles. The molecule has 27 heavy (non-hydrogen) atoms. The maximum atomic E-state index is 12.3. The lowest BCUT2D eigenvalue weighted by atomic mass is 10.2. The van der Waals surface area contributed by atoms with Crippen molar-refractivity contribution in [1.29, 1.82) is 0 Å². The third-order valence-corrected chi connectivity index (χ3v) is 6.21. The monoisotopic (exact) mass is 417 g/mol. The number of rotatable bonds is 8. The highest BCUT2D eigenvalue weighted by Gasteiger charge is 2.19. The molecular weight excluding hydrogens is 390 g/mol. The van der Waals surface area contributed by atoms with Gasteiger partial charge in [0.1, 0.15) is 5.82 Å². The van der Waals surface area contributed by atoms with Crippen molar-refractivity contribution in [1.82, 2.24) is 24.5 Å². The molecular formula is C17H28ClN5O3S. The molecule has 8 nitrogen and oxygen atoms in total. The Kier molecular flexibility index (Phi) is 8.22. The predicted octanol–water partition coefficient (Wildman–Crippen LogP) is 0.902. The molecule has 0 spiro atoms. The number of sulfonamides is 1. The fraction of sp³-hybridized carbons (Fsp3) is 0.529. The Bertz CT molecular complexity index is 895. The standard InChI is InChI=1S/C17H27N5O3S.ClH/c1-12(18-2)11-19-17(23)9-8-16-20-14-10-13(26(24,25)21(3)4)6-7-15(14)22(16)5;/h6-7,10,12,18H,8-9,11H2,1-5H3,(H,19,23);1H. The highest BCUT2D eigenvalue weighted by Crippen LogP contribution is 2.21. The predicted molar refractivity (Wildman–Crippen MR) is 109 cm³/mol. The van der Waals surface area contributed by atoms with E-state index in [2.05, 4.69) is 15.6 Å². The number of fused-ring (bicyclic) bond motifs is 1. The van der Waals surface area contributed by atoms with E-state index in [1.165, 1.54) is 18.4 Å². The number of amides is 1. The number of aryl methyl sites for hydroxylation is 2. The maximum absolute atomic E-state index is 12.3. The van der Waals surface area contributed by atoms with Gasteiger partial charge in [0.25, 0.3) is 0 Å². The molecule has 152 valence electrons. The van der Waals surface area contributed by atoms with Crippen LogP contribution < -0.4 is 10.6 Å². The molecule has 2 aromatic rings. The number of benzene rings is 1. The molecule has 0 fully saturated rings. The van der Waals surface area contributed by atoms with Crippen molar-refractivity contribution >= 4 is 39.4 Å². The van der Waals surface area contributed by atoms with E-state index in [1.54, 1.807) is 18.2 Å². The van der Waals surface area contributed by atoms with E-state index < -0.39 is 10.0 Å². The van der Waals surface area contributed by atoms with Gasteiger partial charge in [-0.2, -0.15) is 0 Å². The quantitative estimate of drug-likeness (QED) is 0.665. The zero-order valence-electron chi connectivity index (χ0n) is 16.3. The molecule has 1 unspecified atom stereocenters. The maximum Gasteiger partial charge on any atom is 0.242 e. The average Bonchev–Trinajstić information content (AvgIpc) is 2.93. The third-order valence-electron chi connectivity index (χ3n) is 4.40. The number of hydrogen-bond acceptors (Lipinski definition) is 5. The van der Waals surface area contributed by atoms with Gasteiger partial charge in [0, 0.05) is 46.6 Å². The van der Waals surface area contributed by atoms with E-state index in [1.807, 2.05) is 25.6 Å². The van der Waals surface area contributed by atoms with Crippen molar-refractivity contribution in [3.8, 4) is 0 Å². The molecule has 1 aromatic heterocycles. The highest BCUT2D eigenvalue weighted by molar-refractivity contribution is 7.89. The molecule has 1 amide bonds. The first-order chi connectivity index (χ1) is 12.2. The average molecular weight is 418 g/mol. The number of nitrogens with zero attached hydrogens (tertiary/aromatic N) is 3. The zero-order valence-corrected chi connectivity index (χ0v) is 17.9. The summed E-state index contributed by atoms with van der Waals surface area (Å²) in [7, 11) is 3.21. The topological polar surface area (TPSA) is 96.3 Å². The van der Waals surface area contributed by atoms with Crippen molar-refractivity contribution in [2.75, 3.05) is 27.7 Å². The van der Waals surface area contributed by atoms with Gasteiger partial charge in [-0.05, 0) is 32.2 Å². The summed E-state index contributed by atoms with van der Waals surface area (Å²) < 4.78 is 27.6. The van der Waals surface area contributed by atoms with Crippen molar-refractivity contribution < 1.29 is 13.2 Å². The number of nitrogens with one attached hydrogen (secondary N) is 2. The van der Waals surface area contributed by atoms with Gasteiger partial charge in [-0.3, -0.25) is 4.79 Å². The van der Waals surface area contributed by atoms with Crippen molar-refractivity contribution in [3.05, 3.63) is 24.0 Å². The lowest BCUT2D eigenvalue weighted by molar-refractivity contribution is -0.121. The summed E-state index contributed by atoms with van der Waals surface area (Å²) in [5, 5.41) is 5.94. The molecule has 2 rings (SSSR count). The minimum absolute atomic E-state index is 0. The summed E-state index contributed by atoms with van der Waals surface area (Å²) in [5.74, 6) is 0.714. The van der Waals surface area contributed by atoms with E-state index >= 15 is 0 Å². The van der Waals surface area contributed by atoms with Gasteiger partial charge < -0.3 is 15.2 Å². The first kappa shape index (κ1) is 23.4. The molecule has 0 aliphatic carbocycles. The molecule has 1 atom stereocenters. The molecule has 1 heterocycles. The van der Waals surface area contributed by atoms with Crippen LogP contribution in [-0.2, 0) is 28.3 Å². The van der Waals surface area contributed by atoms with E-state index in [9.17, 15) is 13.2 Å². The summed E-state index contributed by atoms with van der Waals surface area (Å²) in [5.41, 5.74) is 1.44. The van der Waals surface area contributed by atoms with Gasteiger partial charge in [0.2, 0.25) is 15.9 Å². The van der Waals surface area contributed by atoms with Crippen molar-refractivity contribution in [3.63, 3.8) is 0 Å². The fourth-order valence-electron chi connectivity index (χ4n) is 2.51. The number of likely N-dealkylation sites (N-methyl/N-ethyl adjacent to an activating group) is 1. The van der Waals surface area contributed by atoms with Crippen LogP contribution >= 0.6 is 12.4 Å². The van der Waals surface area contributed by atoms with Crippen LogP contribution in [0.5, 0.6) is 0 Å². The lowest BCUT2D eigenvalue weighted by Gasteiger charge is -2.11. The molecule has 2 N–H and O–H groups in total. The Morgan fingerprint density at radius 3 is 2.59 bits per heavy atom. The van der Waals surface area contributed by atoms with Gasteiger partial charge in [-0.15, -0.1) is 12.4 Å². The minimum Gasteiger partial charge on any atom is -0.355 e. The van der Waals surface area contributed by atoms with E-state index in [4.69, 9.17) is 0 Å². The van der Waals surface area contributed by atoms with E-state index in [0.717, 1.165) is 11.3 Å². The summed E-state index contributed by atoms with van der Waals surface area (Å²) in [6.45, 7) is 2.56. The molecule has 0 aliphatic rings. The number of carbonyl (C=O) groups is 1. The van der Waals surface area contributed by atoms with Gasteiger partial charge in [0.05, 0.1) is 15.9 Å². The smallest absolute Gasteiger partial charge is 0.242 e. The summed E-state index contributed by atoms with van der Waals surface area (Å²) >= 11 is 0. The second-order valence-corrected chi connectivity index (χ2v) is 8.67. The molecule has 0 bridgehead atoms. The Morgan fingerprint density at radius 2 is 2.00 bits per heavy atom. The van der Waals surface area contributed by atoms with E-state index in [-0.39, 0.29) is 29.3 Å². The number of hydrogen-bond donors (Lipinski definition) is 2. The Labute approximate surface area is 166 Å². The normalized spacial score (nSPS) is 12.8. The Balaban J connectivity index is 0.00000364. The van der Waals surface area contributed by atoms with Gasteiger partial charge in [-0.1, -0.05) is 0 Å². The van der Waals surface area contributed by atoms with Gasteiger partial charge in [-0.25, -0.2) is 17.7 Å². The van der Waals surface area contributed by atoms with Gasteiger partial charge in [0.15, 0.2) is 0 Å². The lowest BCUT2D eigenvalue weighted by Crippen LogP contribution is -2.37. The van der Waals surface area contributed by atoms with Crippen LogP contribution in [-0.4, -0.2) is 61.9 Å². The molecule has 10 heteroatoms. The first-order valence-corrected chi connectivity index (χ1v) is 9.92. The second kappa shape index (κ2) is 9.50. The largest absolute Gasteiger partial charge is 0.355 e. The van der Waals surface area contributed by atoms with Crippen LogP contribution in [0, 0.1) is 0 Å². The molecule has 1 aromatic carbocycles. The molecule has 0 aliphatic heterocycles. The van der Waals surface area contributed by atoms with Crippen molar-refractivity contribution in [2.45, 2.75) is 30.7 Å². The highest BCUT2D eigenvalue weighted by atomic mass is 35.5. The third kappa shape index (κ3) is 5.41. The summed E-state index contributed by atoms with van der Waals surface area (Å²) in [6.07, 6.45) is 0.817. The summed E-state index contributed by atoms with van der Waals surface area (Å²) in [4.78, 5) is 16.7. The van der Waals surface area contributed by atoms with Crippen LogP contribution in [0.2, 0.25) is 0 Å². The zero-order chi connectivity index (χ0) is 19.5. The molecule has 0 radical (unpaired) electrons. The Hall–Kier alpha value is -1.68. The van der Waals surface area contributed by atoms with Crippen LogP contribution in [0.4, 0.5) is 0 Å². The van der Waals surface area contributed by atoms with Crippen LogP contribution in [0.1, 0.15) is 19.2 Å². The number of imidazole rings is 1. The van der Waals surface area contributed by atoms with Crippen LogP contribution in [0.25, 0.3) is 11.0 Å². The van der Waals surface area contributed by atoms with Crippen LogP contribution in [0.15, 0.2) is 23.1 Å². The minimum atomic E-state index is -3.50. The first-order valence-electron chi connectivity index (χ1n) is 8.48. The van der Waals surface area contributed by atoms with E-state index in [0.29, 0.717) is 24.9 Å².